The normalized spacial score (nSPS) is 11.8. The highest BCUT2D eigenvalue weighted by Gasteiger charge is 2.17. The molecule has 2 amide bonds. The smallest absolute Gasteiger partial charge is 0.239 e. The molecule has 0 saturated heterocycles. The van der Waals surface area contributed by atoms with Gasteiger partial charge in [-0.25, -0.2) is 0 Å². The lowest BCUT2D eigenvalue weighted by Crippen LogP contribution is -2.22. The second-order valence-electron chi connectivity index (χ2n) is 5.39. The molecule has 1 heterocycles. The molecule has 2 aromatic rings. The fourth-order valence-electron chi connectivity index (χ4n) is 2.01. The molecule has 1 aromatic heterocycles. The third kappa shape index (κ3) is 6.62. The van der Waals surface area contributed by atoms with Gasteiger partial charge in [0, 0.05) is 28.5 Å². The van der Waals surface area contributed by atoms with Crippen LogP contribution < -0.4 is 10.6 Å². The van der Waals surface area contributed by atoms with Gasteiger partial charge in [-0.1, -0.05) is 31.7 Å². The summed E-state index contributed by atoms with van der Waals surface area (Å²) in [6.07, 6.45) is 1.30. The van der Waals surface area contributed by atoms with Gasteiger partial charge in [-0.15, -0.1) is 11.8 Å². The molecule has 0 aliphatic heterocycles. The molecule has 0 bridgehead atoms. The number of nitrogens with one attached hydrogen (secondary N) is 2. The lowest BCUT2D eigenvalue weighted by Gasteiger charge is -2.11. The fraction of sp³-hybridized carbons (Fsp3) is 0.412. The molecule has 0 aliphatic carbocycles. The molecule has 0 fully saturated rings. The molecule has 0 radical (unpaired) electrons. The van der Waals surface area contributed by atoms with Crippen molar-refractivity contribution in [2.45, 2.75) is 48.9 Å². The summed E-state index contributed by atoms with van der Waals surface area (Å²) >= 11 is 4.16. The van der Waals surface area contributed by atoms with Crippen LogP contribution in [0.1, 0.15) is 33.6 Å². The van der Waals surface area contributed by atoms with Crippen LogP contribution in [0, 0.1) is 0 Å². The topological polar surface area (TPSA) is 84.0 Å². The number of aromatic nitrogens is 2. The van der Waals surface area contributed by atoms with E-state index in [0.29, 0.717) is 16.7 Å². The van der Waals surface area contributed by atoms with Crippen molar-refractivity contribution < 1.29 is 9.59 Å². The fourth-order valence-corrected chi connectivity index (χ4v) is 4.21. The number of benzene rings is 1. The third-order valence-corrected chi connectivity index (χ3v) is 5.76. The molecule has 0 aliphatic rings. The first-order chi connectivity index (χ1) is 12.5. The Kier molecular flexibility index (Phi) is 8.40. The van der Waals surface area contributed by atoms with Crippen molar-refractivity contribution in [3.8, 4) is 0 Å². The predicted octanol–water partition coefficient (Wildman–Crippen LogP) is 4.51. The first-order valence-electron chi connectivity index (χ1n) is 8.35. The molecule has 0 spiro atoms. The first-order valence-corrected chi connectivity index (χ1v) is 11.0. The van der Waals surface area contributed by atoms with Crippen LogP contribution in [0.5, 0.6) is 0 Å². The Bertz CT molecular complexity index is 751. The van der Waals surface area contributed by atoms with E-state index in [9.17, 15) is 9.59 Å². The first kappa shape index (κ1) is 20.7. The van der Waals surface area contributed by atoms with Crippen LogP contribution in [0.15, 0.2) is 34.3 Å². The molecule has 2 rings (SSSR count). The van der Waals surface area contributed by atoms with Crippen molar-refractivity contribution >= 4 is 57.7 Å². The number of anilines is 2. The van der Waals surface area contributed by atoms with Crippen LogP contribution in [0.4, 0.5) is 10.8 Å². The van der Waals surface area contributed by atoms with Gasteiger partial charge in [0.15, 0.2) is 0 Å². The van der Waals surface area contributed by atoms with Crippen LogP contribution in [0.2, 0.25) is 0 Å². The zero-order chi connectivity index (χ0) is 18.9. The van der Waals surface area contributed by atoms with Crippen molar-refractivity contribution in [1.29, 1.82) is 0 Å². The molecule has 140 valence electrons. The number of nitrogens with zero attached hydrogens (tertiary/aromatic N) is 2. The maximum atomic E-state index is 12.4. The number of thioether (sulfide) groups is 2. The number of amides is 2. The zero-order valence-corrected chi connectivity index (χ0v) is 17.4. The average molecular weight is 411 g/mol. The van der Waals surface area contributed by atoms with E-state index in [-0.39, 0.29) is 17.1 Å². The molecule has 9 heteroatoms. The van der Waals surface area contributed by atoms with E-state index in [1.54, 1.807) is 11.8 Å². The number of carbonyl (C=O) groups is 2. The second kappa shape index (κ2) is 10.5. The van der Waals surface area contributed by atoms with Crippen LogP contribution in [0.3, 0.4) is 0 Å². The van der Waals surface area contributed by atoms with Crippen LogP contribution >= 0.6 is 35.1 Å². The highest BCUT2D eigenvalue weighted by atomic mass is 32.2. The number of carbonyl (C=O) groups excluding carboxylic acids is 2. The molecule has 0 saturated carbocycles. The lowest BCUT2D eigenvalue weighted by atomic mass is 10.3. The summed E-state index contributed by atoms with van der Waals surface area (Å²) in [5, 5.41) is 6.57. The van der Waals surface area contributed by atoms with E-state index in [0.717, 1.165) is 22.8 Å². The maximum Gasteiger partial charge on any atom is 0.239 e. The van der Waals surface area contributed by atoms with Gasteiger partial charge in [0.1, 0.15) is 0 Å². The van der Waals surface area contributed by atoms with Gasteiger partial charge < -0.3 is 5.32 Å². The van der Waals surface area contributed by atoms with Crippen molar-refractivity contribution in [1.82, 2.24) is 9.36 Å². The lowest BCUT2D eigenvalue weighted by molar-refractivity contribution is -0.116. The molecule has 1 unspecified atom stereocenters. The Morgan fingerprint density at radius 1 is 1.27 bits per heavy atom. The highest BCUT2D eigenvalue weighted by molar-refractivity contribution is 8.00. The minimum Gasteiger partial charge on any atom is -0.326 e. The van der Waals surface area contributed by atoms with E-state index < -0.39 is 0 Å². The van der Waals surface area contributed by atoms with E-state index in [1.165, 1.54) is 23.3 Å². The molecular weight excluding hydrogens is 388 g/mol. The summed E-state index contributed by atoms with van der Waals surface area (Å²) in [6.45, 7) is 5.83. The molecular formula is C17H22N4O2S3. The standard InChI is InChI=1S/C17H22N4O2S3/c1-4-7-14(22)18-12-8-6-9-13(10-12)25-11(3)15(23)19-16-20-17(21-26-16)24-5-2/h6,8-11H,4-5,7H2,1-3H3,(H,18,22)(H,19,20,21,23). The summed E-state index contributed by atoms with van der Waals surface area (Å²) in [5.74, 6) is 0.763. The van der Waals surface area contributed by atoms with Gasteiger partial charge >= 0.3 is 0 Å². The molecule has 6 nitrogen and oxygen atoms in total. The van der Waals surface area contributed by atoms with Gasteiger partial charge in [-0.2, -0.15) is 9.36 Å². The Morgan fingerprint density at radius 2 is 2.08 bits per heavy atom. The van der Waals surface area contributed by atoms with Crippen molar-refractivity contribution in [3.63, 3.8) is 0 Å². The van der Waals surface area contributed by atoms with Crippen LogP contribution in [-0.2, 0) is 9.59 Å². The average Bonchev–Trinajstić information content (AvgIpc) is 3.02. The van der Waals surface area contributed by atoms with E-state index >= 15 is 0 Å². The third-order valence-electron chi connectivity index (χ3n) is 3.19. The molecule has 1 atom stereocenters. The van der Waals surface area contributed by atoms with Gasteiger partial charge in [-0.3, -0.25) is 14.9 Å². The van der Waals surface area contributed by atoms with Gasteiger partial charge in [-0.05, 0) is 37.3 Å². The summed E-state index contributed by atoms with van der Waals surface area (Å²) in [7, 11) is 0. The Morgan fingerprint density at radius 3 is 2.81 bits per heavy atom. The highest BCUT2D eigenvalue weighted by Crippen LogP contribution is 2.27. The monoisotopic (exact) mass is 410 g/mol. The number of hydrogen-bond donors (Lipinski definition) is 2. The van der Waals surface area contributed by atoms with Crippen molar-refractivity contribution in [3.05, 3.63) is 24.3 Å². The van der Waals surface area contributed by atoms with Crippen LogP contribution in [-0.4, -0.2) is 32.2 Å². The predicted molar refractivity (Wildman–Crippen MR) is 110 cm³/mol. The van der Waals surface area contributed by atoms with E-state index in [4.69, 9.17) is 0 Å². The summed E-state index contributed by atoms with van der Waals surface area (Å²) in [6, 6.07) is 7.51. The van der Waals surface area contributed by atoms with Crippen LogP contribution in [0.25, 0.3) is 0 Å². The SMILES string of the molecule is CCCC(=O)Nc1cccc(SC(C)C(=O)Nc2nc(SCC)ns2)c1. The quantitative estimate of drug-likeness (QED) is 0.592. The van der Waals surface area contributed by atoms with Crippen molar-refractivity contribution in [2.24, 2.45) is 0 Å². The minimum absolute atomic E-state index is 0.00235. The Balaban J connectivity index is 1.92. The Labute approximate surface area is 166 Å². The second-order valence-corrected chi connectivity index (χ2v) is 8.79. The summed E-state index contributed by atoms with van der Waals surface area (Å²) < 4.78 is 4.19. The van der Waals surface area contributed by atoms with Gasteiger partial charge in [0.2, 0.25) is 22.1 Å². The van der Waals surface area contributed by atoms with E-state index in [1.807, 2.05) is 45.0 Å². The summed E-state index contributed by atoms with van der Waals surface area (Å²) in [5.41, 5.74) is 0.742. The van der Waals surface area contributed by atoms with Gasteiger partial charge in [0.05, 0.1) is 5.25 Å². The minimum atomic E-state index is -0.303. The van der Waals surface area contributed by atoms with Crippen molar-refractivity contribution in [2.75, 3.05) is 16.4 Å². The summed E-state index contributed by atoms with van der Waals surface area (Å²) in [4.78, 5) is 29.3. The molecule has 1 aromatic carbocycles. The molecule has 26 heavy (non-hydrogen) atoms. The largest absolute Gasteiger partial charge is 0.326 e. The zero-order valence-electron chi connectivity index (χ0n) is 14.9. The number of hydrogen-bond acceptors (Lipinski definition) is 7. The van der Waals surface area contributed by atoms with E-state index in [2.05, 4.69) is 20.0 Å². The maximum absolute atomic E-state index is 12.4. The molecule has 2 N–H and O–H groups in total. The number of rotatable bonds is 9. The van der Waals surface area contributed by atoms with Gasteiger partial charge in [0.25, 0.3) is 0 Å². The Hall–Kier alpha value is -1.58.